The smallest absolute Gasteiger partial charge is 0.324 e. The van der Waals surface area contributed by atoms with E-state index in [0.717, 1.165) is 0 Å². The lowest BCUT2D eigenvalue weighted by atomic mass is 10.1. The van der Waals surface area contributed by atoms with Gasteiger partial charge in [0, 0.05) is 0 Å². The molecule has 0 amide bonds. The van der Waals surface area contributed by atoms with Gasteiger partial charge in [-0.15, -0.1) is 17.0 Å². The number of nitrogen functional groups attached to an aromatic ring is 1. The topological polar surface area (TPSA) is 38.0 Å². The molecule has 0 heterocycles. The van der Waals surface area contributed by atoms with Gasteiger partial charge in [-0.05, 0) is 18.2 Å². The minimum absolute atomic E-state index is 0. The molecule has 3 N–H and O–H groups in total. The fourth-order valence-corrected chi connectivity index (χ4v) is 1.08. The van der Waals surface area contributed by atoms with Crippen LogP contribution in [0.4, 0.5) is 32.0 Å². The summed E-state index contributed by atoms with van der Waals surface area (Å²) in [5.74, 6) is 4.78. The van der Waals surface area contributed by atoms with Crippen molar-refractivity contribution in [3.63, 3.8) is 0 Å². The number of rotatable bonds is 1. The summed E-state index contributed by atoms with van der Waals surface area (Å²) in [6.45, 7) is 0. The third-order valence-corrected chi connectivity index (χ3v) is 1.81. The van der Waals surface area contributed by atoms with Crippen LogP contribution in [-0.2, 0) is 12.4 Å². The Morgan fingerprint density at radius 1 is 0.941 bits per heavy atom. The molecule has 1 aromatic carbocycles. The predicted octanol–water partition coefficient (Wildman–Crippen LogP) is 3.59. The summed E-state index contributed by atoms with van der Waals surface area (Å²) in [5, 5.41) is 0. The molecule has 0 saturated heterocycles. The number of hydrogen-bond acceptors (Lipinski definition) is 2. The van der Waals surface area contributed by atoms with Gasteiger partial charge in [0.1, 0.15) is 0 Å². The quantitative estimate of drug-likeness (QED) is 0.470. The second-order valence-electron chi connectivity index (χ2n) is 2.90. The molecule has 0 unspecified atom stereocenters. The highest BCUT2D eigenvalue weighted by atomic mass is 79.9. The van der Waals surface area contributed by atoms with Crippen LogP contribution in [0.5, 0.6) is 0 Å². The van der Waals surface area contributed by atoms with Gasteiger partial charge in [-0.2, -0.15) is 26.3 Å². The normalized spacial score (nSPS) is 11.9. The summed E-state index contributed by atoms with van der Waals surface area (Å²) >= 11 is 0. The monoisotopic (exact) mass is 324 g/mol. The number of benzene rings is 1. The SMILES string of the molecule is Br.NNc1ccc(C(F)(F)F)cc1C(F)(F)F. The van der Waals surface area contributed by atoms with Gasteiger partial charge in [0.15, 0.2) is 0 Å². The molecule has 0 spiro atoms. The van der Waals surface area contributed by atoms with E-state index >= 15 is 0 Å². The summed E-state index contributed by atoms with van der Waals surface area (Å²) in [6.07, 6.45) is -9.73. The lowest BCUT2D eigenvalue weighted by Crippen LogP contribution is -2.16. The van der Waals surface area contributed by atoms with Crippen LogP contribution in [0.3, 0.4) is 0 Å². The molecule has 0 atom stereocenters. The van der Waals surface area contributed by atoms with Gasteiger partial charge in [-0.3, -0.25) is 5.84 Å². The van der Waals surface area contributed by atoms with Gasteiger partial charge in [-0.1, -0.05) is 0 Å². The van der Waals surface area contributed by atoms with Crippen molar-refractivity contribution in [2.75, 3.05) is 5.43 Å². The van der Waals surface area contributed by atoms with Crippen LogP contribution in [0.1, 0.15) is 11.1 Å². The Bertz CT molecular complexity index is 387. The van der Waals surface area contributed by atoms with Crippen molar-refractivity contribution < 1.29 is 26.3 Å². The standard InChI is InChI=1S/C8H6F6N2.BrH/c9-7(10,11)4-1-2-6(16-15)5(3-4)8(12,13)14;/h1-3,16H,15H2;1H. The predicted molar refractivity (Wildman–Crippen MR) is 54.6 cm³/mol. The molecule has 0 saturated carbocycles. The largest absolute Gasteiger partial charge is 0.418 e. The lowest BCUT2D eigenvalue weighted by molar-refractivity contribution is -0.142. The molecule has 0 aliphatic rings. The third-order valence-electron chi connectivity index (χ3n) is 1.81. The summed E-state index contributed by atoms with van der Waals surface area (Å²) < 4.78 is 73.5. The van der Waals surface area contributed by atoms with E-state index in [4.69, 9.17) is 5.84 Å². The summed E-state index contributed by atoms with van der Waals surface area (Å²) in [7, 11) is 0. The zero-order valence-electron chi connectivity index (χ0n) is 7.99. The highest BCUT2D eigenvalue weighted by Crippen LogP contribution is 2.38. The maximum Gasteiger partial charge on any atom is 0.418 e. The Balaban J connectivity index is 0.00000256. The van der Waals surface area contributed by atoms with Crippen molar-refractivity contribution in [1.29, 1.82) is 0 Å². The first-order chi connectivity index (χ1) is 7.16. The zero-order valence-corrected chi connectivity index (χ0v) is 9.70. The van der Waals surface area contributed by atoms with Crippen LogP contribution in [0.25, 0.3) is 0 Å². The van der Waals surface area contributed by atoms with Crippen molar-refractivity contribution in [3.8, 4) is 0 Å². The van der Waals surface area contributed by atoms with E-state index in [2.05, 4.69) is 0 Å². The molecule has 0 aromatic heterocycles. The first-order valence-corrected chi connectivity index (χ1v) is 3.91. The molecule has 2 nitrogen and oxygen atoms in total. The molecule has 0 aliphatic heterocycles. The van der Waals surface area contributed by atoms with Crippen LogP contribution in [0, 0.1) is 0 Å². The van der Waals surface area contributed by atoms with Gasteiger partial charge in [0.05, 0.1) is 16.8 Å². The van der Waals surface area contributed by atoms with E-state index in [1.54, 1.807) is 5.43 Å². The number of hydrogen-bond donors (Lipinski definition) is 2. The maximum atomic E-state index is 12.3. The highest BCUT2D eigenvalue weighted by Gasteiger charge is 2.38. The van der Waals surface area contributed by atoms with E-state index in [0.29, 0.717) is 12.1 Å². The maximum absolute atomic E-state index is 12.3. The molecule has 0 fully saturated rings. The Hall–Kier alpha value is -0.960. The zero-order chi connectivity index (χ0) is 12.6. The van der Waals surface area contributed by atoms with E-state index in [-0.39, 0.29) is 23.0 Å². The molecular formula is C8H7BrF6N2. The van der Waals surface area contributed by atoms with Crippen molar-refractivity contribution >= 4 is 22.7 Å². The summed E-state index contributed by atoms with van der Waals surface area (Å²) in [4.78, 5) is 0. The molecule has 0 radical (unpaired) electrons. The van der Waals surface area contributed by atoms with Gasteiger partial charge in [0.2, 0.25) is 0 Å². The van der Waals surface area contributed by atoms with E-state index < -0.39 is 29.2 Å². The van der Waals surface area contributed by atoms with Crippen molar-refractivity contribution in [1.82, 2.24) is 0 Å². The van der Waals surface area contributed by atoms with Gasteiger partial charge >= 0.3 is 12.4 Å². The van der Waals surface area contributed by atoms with E-state index in [1.807, 2.05) is 0 Å². The van der Waals surface area contributed by atoms with E-state index in [9.17, 15) is 26.3 Å². The molecule has 17 heavy (non-hydrogen) atoms. The molecule has 1 rings (SSSR count). The Morgan fingerprint density at radius 2 is 1.47 bits per heavy atom. The number of halogens is 7. The Kier molecular flexibility index (Phi) is 4.84. The molecule has 98 valence electrons. The van der Waals surface area contributed by atoms with Crippen LogP contribution in [0.15, 0.2) is 18.2 Å². The van der Waals surface area contributed by atoms with Crippen LogP contribution >= 0.6 is 17.0 Å². The average molecular weight is 325 g/mol. The number of anilines is 1. The van der Waals surface area contributed by atoms with Crippen molar-refractivity contribution in [2.24, 2.45) is 5.84 Å². The molecule has 0 bridgehead atoms. The number of nitrogens with one attached hydrogen (secondary N) is 1. The Morgan fingerprint density at radius 3 is 1.82 bits per heavy atom. The van der Waals surface area contributed by atoms with Crippen LogP contribution in [0.2, 0.25) is 0 Å². The first-order valence-electron chi connectivity index (χ1n) is 3.91. The highest BCUT2D eigenvalue weighted by molar-refractivity contribution is 8.93. The number of hydrazine groups is 1. The summed E-state index contributed by atoms with van der Waals surface area (Å²) in [5.41, 5.74) is -1.75. The first kappa shape index (κ1) is 16.0. The van der Waals surface area contributed by atoms with Crippen LogP contribution < -0.4 is 11.3 Å². The average Bonchev–Trinajstić information content (AvgIpc) is 2.14. The lowest BCUT2D eigenvalue weighted by Gasteiger charge is -2.15. The molecule has 9 heteroatoms. The van der Waals surface area contributed by atoms with Gasteiger partial charge < -0.3 is 5.43 Å². The van der Waals surface area contributed by atoms with Crippen LogP contribution in [-0.4, -0.2) is 0 Å². The fourth-order valence-electron chi connectivity index (χ4n) is 1.08. The Labute approximate surface area is 103 Å². The minimum atomic E-state index is -4.90. The molecular weight excluding hydrogens is 318 g/mol. The van der Waals surface area contributed by atoms with Crippen molar-refractivity contribution in [3.05, 3.63) is 29.3 Å². The minimum Gasteiger partial charge on any atom is -0.324 e. The molecule has 0 aliphatic carbocycles. The fraction of sp³-hybridized carbons (Fsp3) is 0.250. The second-order valence-corrected chi connectivity index (χ2v) is 2.90. The van der Waals surface area contributed by atoms with Gasteiger partial charge in [-0.25, -0.2) is 0 Å². The second kappa shape index (κ2) is 5.13. The number of alkyl halides is 6. The van der Waals surface area contributed by atoms with Crippen molar-refractivity contribution in [2.45, 2.75) is 12.4 Å². The third kappa shape index (κ3) is 3.77. The van der Waals surface area contributed by atoms with Gasteiger partial charge in [0.25, 0.3) is 0 Å². The van der Waals surface area contributed by atoms with E-state index in [1.165, 1.54) is 0 Å². The summed E-state index contributed by atoms with van der Waals surface area (Å²) in [6, 6.07) is 1.16. The number of nitrogens with two attached hydrogens (primary N) is 1. The molecule has 1 aromatic rings.